The number of benzene rings is 2. The summed E-state index contributed by atoms with van der Waals surface area (Å²) in [6, 6.07) is 16.2. The molecule has 2 aromatic rings. The van der Waals surface area contributed by atoms with E-state index in [2.05, 4.69) is 39.5 Å². The summed E-state index contributed by atoms with van der Waals surface area (Å²) in [7, 11) is 1.64. The van der Waals surface area contributed by atoms with Gasteiger partial charge in [0.1, 0.15) is 5.75 Å². The molecule has 5 nitrogen and oxygen atoms in total. The molecule has 1 fully saturated rings. The van der Waals surface area contributed by atoms with Gasteiger partial charge in [-0.25, -0.2) is 4.99 Å². The first kappa shape index (κ1) is 20.7. The summed E-state index contributed by atoms with van der Waals surface area (Å²) in [5.41, 5.74) is 9.23. The zero-order chi connectivity index (χ0) is 17.5. The normalized spacial score (nSPS) is 14.5. The van der Waals surface area contributed by atoms with E-state index in [0.717, 1.165) is 30.1 Å². The lowest BCUT2D eigenvalue weighted by molar-refractivity contribution is 0.417. The number of nitrogens with zero attached hydrogens (tertiary/aromatic N) is 2. The molecule has 0 saturated carbocycles. The highest BCUT2D eigenvalue weighted by Gasteiger charge is 2.10. The number of hydrogen-bond acceptors (Lipinski definition) is 4. The Labute approximate surface area is 176 Å². The van der Waals surface area contributed by atoms with Crippen LogP contribution in [0, 0.1) is 0 Å². The molecular formula is C19H25IN4OS. The van der Waals surface area contributed by atoms with Crippen molar-refractivity contribution in [1.29, 1.82) is 0 Å². The maximum Gasteiger partial charge on any atom is 0.193 e. The SMILES string of the molecule is COc1ccccc1NC(N)=NCc1ccc(N2CCSCC2)cc1.I. The summed E-state index contributed by atoms with van der Waals surface area (Å²) in [5.74, 6) is 3.53. The minimum atomic E-state index is 0. The second kappa shape index (κ2) is 10.5. The van der Waals surface area contributed by atoms with Crippen molar-refractivity contribution < 1.29 is 4.74 Å². The topological polar surface area (TPSA) is 62.9 Å². The highest BCUT2D eigenvalue weighted by molar-refractivity contribution is 14.0. The average molecular weight is 484 g/mol. The van der Waals surface area contributed by atoms with Gasteiger partial charge >= 0.3 is 0 Å². The van der Waals surface area contributed by atoms with Crippen molar-refractivity contribution >= 4 is 53.1 Å². The van der Waals surface area contributed by atoms with Crippen LogP contribution in [0.2, 0.25) is 0 Å². The number of nitrogens with one attached hydrogen (secondary N) is 1. The van der Waals surface area contributed by atoms with Gasteiger partial charge in [0, 0.05) is 30.3 Å². The quantitative estimate of drug-likeness (QED) is 0.384. The van der Waals surface area contributed by atoms with E-state index in [1.807, 2.05) is 36.0 Å². The van der Waals surface area contributed by atoms with Crippen LogP contribution in [0.4, 0.5) is 11.4 Å². The molecule has 140 valence electrons. The van der Waals surface area contributed by atoms with Crippen molar-refractivity contribution in [2.45, 2.75) is 6.54 Å². The monoisotopic (exact) mass is 484 g/mol. The molecule has 3 N–H and O–H groups in total. The second-order valence-corrected chi connectivity index (χ2v) is 7.02. The van der Waals surface area contributed by atoms with Crippen molar-refractivity contribution in [1.82, 2.24) is 0 Å². The smallest absolute Gasteiger partial charge is 0.193 e. The van der Waals surface area contributed by atoms with Crippen molar-refractivity contribution in [2.24, 2.45) is 10.7 Å². The summed E-state index contributed by atoms with van der Waals surface area (Å²) in [6.07, 6.45) is 0. The van der Waals surface area contributed by atoms with Crippen LogP contribution in [0.3, 0.4) is 0 Å². The van der Waals surface area contributed by atoms with Gasteiger partial charge in [-0.2, -0.15) is 11.8 Å². The van der Waals surface area contributed by atoms with Crippen molar-refractivity contribution in [3.8, 4) is 5.75 Å². The number of anilines is 2. The Balaban J connectivity index is 0.00000243. The number of thioether (sulfide) groups is 1. The maximum absolute atomic E-state index is 6.00. The minimum absolute atomic E-state index is 0. The van der Waals surface area contributed by atoms with E-state index in [1.165, 1.54) is 17.2 Å². The van der Waals surface area contributed by atoms with Crippen LogP contribution in [0.1, 0.15) is 5.56 Å². The van der Waals surface area contributed by atoms with Crippen molar-refractivity contribution in [2.75, 3.05) is 41.9 Å². The fourth-order valence-electron chi connectivity index (χ4n) is 2.74. The van der Waals surface area contributed by atoms with Crippen molar-refractivity contribution in [3.05, 3.63) is 54.1 Å². The molecule has 0 unspecified atom stereocenters. The molecule has 1 aliphatic rings. The van der Waals surface area contributed by atoms with Gasteiger partial charge in [0.2, 0.25) is 0 Å². The van der Waals surface area contributed by atoms with Gasteiger partial charge in [-0.05, 0) is 29.8 Å². The molecule has 2 aromatic carbocycles. The van der Waals surface area contributed by atoms with Crippen molar-refractivity contribution in [3.63, 3.8) is 0 Å². The number of hydrogen-bond donors (Lipinski definition) is 2. The van der Waals surface area contributed by atoms with Crippen LogP contribution < -0.4 is 20.7 Å². The average Bonchev–Trinajstić information content (AvgIpc) is 2.68. The molecule has 1 saturated heterocycles. The Hall–Kier alpha value is -1.61. The molecule has 0 radical (unpaired) electrons. The predicted molar refractivity (Wildman–Crippen MR) is 123 cm³/mol. The maximum atomic E-state index is 6.00. The lowest BCUT2D eigenvalue weighted by atomic mass is 10.2. The fraction of sp³-hybridized carbons (Fsp3) is 0.316. The van der Waals surface area contributed by atoms with Gasteiger partial charge in [-0.15, -0.1) is 24.0 Å². The number of methoxy groups -OCH3 is 1. The number of nitrogens with two attached hydrogens (primary N) is 1. The molecule has 0 amide bonds. The second-order valence-electron chi connectivity index (χ2n) is 5.79. The molecule has 0 aromatic heterocycles. The van der Waals surface area contributed by atoms with E-state index >= 15 is 0 Å². The number of para-hydroxylation sites is 2. The summed E-state index contributed by atoms with van der Waals surface area (Å²) in [5, 5.41) is 3.09. The summed E-state index contributed by atoms with van der Waals surface area (Å²) < 4.78 is 5.30. The minimum Gasteiger partial charge on any atom is -0.495 e. The first-order valence-corrected chi connectivity index (χ1v) is 9.53. The van der Waals surface area contributed by atoms with Crippen LogP contribution in [0.25, 0.3) is 0 Å². The molecular weight excluding hydrogens is 459 g/mol. The Morgan fingerprint density at radius 2 is 1.85 bits per heavy atom. The molecule has 26 heavy (non-hydrogen) atoms. The van der Waals surface area contributed by atoms with E-state index in [1.54, 1.807) is 7.11 Å². The van der Waals surface area contributed by atoms with Gasteiger partial charge in [0.05, 0.1) is 19.3 Å². The summed E-state index contributed by atoms with van der Waals surface area (Å²) in [6.45, 7) is 2.79. The number of rotatable bonds is 5. The molecule has 0 atom stereocenters. The van der Waals surface area contributed by atoms with E-state index in [0.29, 0.717) is 12.5 Å². The van der Waals surface area contributed by atoms with Gasteiger partial charge in [0.25, 0.3) is 0 Å². The molecule has 1 aliphatic heterocycles. The lowest BCUT2D eigenvalue weighted by Gasteiger charge is -2.28. The zero-order valence-corrected chi connectivity index (χ0v) is 18.0. The van der Waals surface area contributed by atoms with Gasteiger partial charge in [-0.1, -0.05) is 24.3 Å². The van der Waals surface area contributed by atoms with Gasteiger partial charge in [0.15, 0.2) is 5.96 Å². The fourth-order valence-corrected chi connectivity index (χ4v) is 3.64. The van der Waals surface area contributed by atoms with Crippen LogP contribution in [-0.4, -0.2) is 37.7 Å². The number of guanidine groups is 1. The first-order chi connectivity index (χ1) is 12.3. The van der Waals surface area contributed by atoms with Gasteiger partial charge < -0.3 is 20.7 Å². The number of aliphatic imine (C=N–C) groups is 1. The number of ether oxygens (including phenoxy) is 1. The van der Waals surface area contributed by atoms with E-state index in [4.69, 9.17) is 10.5 Å². The third-order valence-electron chi connectivity index (χ3n) is 4.11. The molecule has 7 heteroatoms. The Kier molecular flexibility index (Phi) is 8.37. The molecule has 3 rings (SSSR count). The molecule has 0 bridgehead atoms. The van der Waals surface area contributed by atoms with Crippen LogP contribution >= 0.6 is 35.7 Å². The largest absolute Gasteiger partial charge is 0.495 e. The lowest BCUT2D eigenvalue weighted by Crippen LogP contribution is -2.32. The third kappa shape index (κ3) is 5.70. The third-order valence-corrected chi connectivity index (χ3v) is 5.06. The van der Waals surface area contributed by atoms with E-state index in [9.17, 15) is 0 Å². The Morgan fingerprint density at radius 3 is 2.54 bits per heavy atom. The Bertz CT molecular complexity index is 718. The van der Waals surface area contributed by atoms with Crippen LogP contribution in [-0.2, 0) is 6.54 Å². The summed E-state index contributed by atoms with van der Waals surface area (Å²) in [4.78, 5) is 6.85. The summed E-state index contributed by atoms with van der Waals surface area (Å²) >= 11 is 2.02. The van der Waals surface area contributed by atoms with Crippen LogP contribution in [0.5, 0.6) is 5.75 Å². The highest BCUT2D eigenvalue weighted by atomic mass is 127. The number of halogens is 1. The van der Waals surface area contributed by atoms with E-state index < -0.39 is 0 Å². The highest BCUT2D eigenvalue weighted by Crippen LogP contribution is 2.23. The predicted octanol–water partition coefficient (Wildman–Crippen LogP) is 3.79. The van der Waals surface area contributed by atoms with E-state index in [-0.39, 0.29) is 24.0 Å². The van der Waals surface area contributed by atoms with Gasteiger partial charge in [-0.3, -0.25) is 0 Å². The Morgan fingerprint density at radius 1 is 1.15 bits per heavy atom. The zero-order valence-electron chi connectivity index (χ0n) is 14.9. The first-order valence-electron chi connectivity index (χ1n) is 8.38. The molecule has 0 aliphatic carbocycles. The molecule has 1 heterocycles. The van der Waals surface area contributed by atoms with Crippen LogP contribution in [0.15, 0.2) is 53.5 Å². The standard InChI is InChI=1S/C19H24N4OS.HI/c1-24-18-5-3-2-4-17(18)22-19(20)21-14-15-6-8-16(9-7-15)23-10-12-25-13-11-23;/h2-9H,10-14H2,1H3,(H3,20,21,22);1H. The molecule has 0 spiro atoms.